The molecule has 0 unspecified atom stereocenters. The van der Waals surface area contributed by atoms with E-state index in [9.17, 15) is 0 Å². The number of nitrogens with zero attached hydrogens (tertiary/aromatic N) is 1. The zero-order valence-electron chi connectivity index (χ0n) is 9.61. The lowest BCUT2D eigenvalue weighted by Crippen LogP contribution is -2.14. The van der Waals surface area contributed by atoms with Gasteiger partial charge in [0.15, 0.2) is 0 Å². The summed E-state index contributed by atoms with van der Waals surface area (Å²) in [6, 6.07) is 8.09. The minimum absolute atomic E-state index is 0.416. The number of hydrogen-bond acceptors (Lipinski definition) is 3. The van der Waals surface area contributed by atoms with Crippen molar-refractivity contribution >= 4 is 15.9 Å². The molecule has 0 saturated carbocycles. The fourth-order valence-corrected chi connectivity index (χ4v) is 2.08. The lowest BCUT2D eigenvalue weighted by Gasteiger charge is -2.19. The van der Waals surface area contributed by atoms with E-state index in [1.165, 1.54) is 12.5 Å². The summed E-state index contributed by atoms with van der Waals surface area (Å²) in [7, 11) is 0. The summed E-state index contributed by atoms with van der Waals surface area (Å²) in [5, 5.41) is 9.15. The number of ether oxygens (including phenoxy) is 2. The van der Waals surface area contributed by atoms with Crippen molar-refractivity contribution in [2.45, 2.75) is 25.6 Å². The van der Waals surface area contributed by atoms with E-state index >= 15 is 0 Å². The number of halogens is 1. The Bertz CT molecular complexity index is 495. The minimum Gasteiger partial charge on any atom is -0.455 e. The van der Waals surface area contributed by atoms with Crippen LogP contribution >= 0.6 is 15.9 Å². The SMILES string of the molecule is CC(C)(C#N)c1cc(Br)cc(C2OC=CO2)c1. The normalized spacial score (nSPS) is 15.2. The maximum atomic E-state index is 9.15. The molecule has 1 heterocycles. The first-order valence-corrected chi connectivity index (χ1v) is 6.00. The van der Waals surface area contributed by atoms with Crippen LogP contribution in [0, 0.1) is 11.3 Å². The average Bonchev–Trinajstić information content (AvgIpc) is 2.81. The van der Waals surface area contributed by atoms with E-state index in [1.807, 2.05) is 32.0 Å². The standard InChI is InChI=1S/C13H12BrNO2/c1-13(2,8-15)10-5-9(6-11(14)7-10)12-16-3-4-17-12/h3-7,12H,1-2H3. The fourth-order valence-electron chi connectivity index (χ4n) is 1.57. The van der Waals surface area contributed by atoms with E-state index in [0.29, 0.717) is 0 Å². The summed E-state index contributed by atoms with van der Waals surface area (Å²) in [6.07, 6.45) is 2.61. The molecule has 0 aromatic heterocycles. The zero-order valence-corrected chi connectivity index (χ0v) is 11.2. The molecule has 1 aromatic rings. The summed E-state index contributed by atoms with van der Waals surface area (Å²) >= 11 is 3.44. The maximum Gasteiger partial charge on any atom is 0.266 e. The van der Waals surface area contributed by atoms with Crippen LogP contribution in [0.2, 0.25) is 0 Å². The molecule has 0 saturated heterocycles. The van der Waals surface area contributed by atoms with Crippen molar-refractivity contribution in [3.63, 3.8) is 0 Å². The first-order valence-electron chi connectivity index (χ1n) is 5.21. The summed E-state index contributed by atoms with van der Waals surface area (Å²) < 4.78 is 11.5. The highest BCUT2D eigenvalue weighted by atomic mass is 79.9. The smallest absolute Gasteiger partial charge is 0.266 e. The van der Waals surface area contributed by atoms with Crippen molar-refractivity contribution in [1.29, 1.82) is 5.26 Å². The van der Waals surface area contributed by atoms with E-state index in [-0.39, 0.29) is 0 Å². The molecule has 1 aliphatic heterocycles. The van der Waals surface area contributed by atoms with E-state index < -0.39 is 11.7 Å². The van der Waals surface area contributed by atoms with Crippen LogP contribution in [0.5, 0.6) is 0 Å². The van der Waals surface area contributed by atoms with Gasteiger partial charge < -0.3 is 9.47 Å². The third-order valence-electron chi connectivity index (χ3n) is 2.65. The lowest BCUT2D eigenvalue weighted by atomic mass is 9.85. The van der Waals surface area contributed by atoms with Crippen molar-refractivity contribution in [1.82, 2.24) is 0 Å². The summed E-state index contributed by atoms with van der Waals surface area (Å²) in [6.45, 7) is 3.76. The second-order valence-corrected chi connectivity index (χ2v) is 5.30. The molecule has 88 valence electrons. The number of rotatable bonds is 2. The highest BCUT2D eigenvalue weighted by molar-refractivity contribution is 9.10. The van der Waals surface area contributed by atoms with Crippen molar-refractivity contribution < 1.29 is 9.47 Å². The highest BCUT2D eigenvalue weighted by Gasteiger charge is 2.23. The van der Waals surface area contributed by atoms with Gasteiger partial charge in [-0.2, -0.15) is 5.26 Å². The molecule has 0 bridgehead atoms. The summed E-state index contributed by atoms with van der Waals surface area (Å²) in [5.41, 5.74) is 1.29. The van der Waals surface area contributed by atoms with Gasteiger partial charge in [0, 0.05) is 10.0 Å². The van der Waals surface area contributed by atoms with Crippen LogP contribution in [-0.2, 0) is 14.9 Å². The number of hydrogen-bond donors (Lipinski definition) is 0. The van der Waals surface area contributed by atoms with E-state index in [4.69, 9.17) is 14.7 Å². The maximum absolute atomic E-state index is 9.15. The van der Waals surface area contributed by atoms with Crippen LogP contribution in [-0.4, -0.2) is 0 Å². The van der Waals surface area contributed by atoms with Crippen LogP contribution in [0.25, 0.3) is 0 Å². The van der Waals surface area contributed by atoms with Gasteiger partial charge in [0.05, 0.1) is 11.5 Å². The van der Waals surface area contributed by atoms with Crippen molar-refractivity contribution in [2.75, 3.05) is 0 Å². The first kappa shape index (κ1) is 12.0. The van der Waals surface area contributed by atoms with Gasteiger partial charge in [-0.05, 0) is 37.6 Å². The monoisotopic (exact) mass is 293 g/mol. The van der Waals surface area contributed by atoms with Gasteiger partial charge in [0.25, 0.3) is 6.29 Å². The molecule has 0 N–H and O–H groups in total. The van der Waals surface area contributed by atoms with Gasteiger partial charge in [0.2, 0.25) is 0 Å². The second-order valence-electron chi connectivity index (χ2n) is 4.39. The number of benzene rings is 1. The van der Waals surface area contributed by atoms with Crippen LogP contribution < -0.4 is 0 Å². The Hall–Kier alpha value is -1.47. The molecule has 1 aliphatic rings. The topological polar surface area (TPSA) is 42.2 Å². The van der Waals surface area contributed by atoms with Gasteiger partial charge in [-0.1, -0.05) is 15.9 Å². The Balaban J connectivity index is 2.40. The Morgan fingerprint density at radius 2 is 1.88 bits per heavy atom. The molecule has 0 spiro atoms. The third kappa shape index (κ3) is 2.45. The molecule has 0 fully saturated rings. The molecule has 3 nitrogen and oxygen atoms in total. The van der Waals surface area contributed by atoms with Gasteiger partial charge in [-0.15, -0.1) is 0 Å². The predicted octanol–water partition coefficient (Wildman–Crippen LogP) is 3.77. The molecule has 0 amide bonds. The van der Waals surface area contributed by atoms with Gasteiger partial charge in [0.1, 0.15) is 12.5 Å². The van der Waals surface area contributed by atoms with Crippen molar-refractivity contribution in [3.8, 4) is 6.07 Å². The summed E-state index contributed by atoms with van der Waals surface area (Å²) in [5.74, 6) is 0. The van der Waals surface area contributed by atoms with Crippen LogP contribution in [0.3, 0.4) is 0 Å². The Morgan fingerprint density at radius 1 is 1.24 bits per heavy atom. The minimum atomic E-state index is -0.537. The van der Waals surface area contributed by atoms with Crippen molar-refractivity contribution in [3.05, 3.63) is 46.3 Å². The number of nitriles is 1. The highest BCUT2D eigenvalue weighted by Crippen LogP contribution is 2.32. The molecule has 4 heteroatoms. The molecule has 0 radical (unpaired) electrons. The first-order chi connectivity index (χ1) is 8.03. The van der Waals surface area contributed by atoms with Gasteiger partial charge in [-0.25, -0.2) is 0 Å². The molecule has 1 aromatic carbocycles. The largest absolute Gasteiger partial charge is 0.455 e. The molecule has 0 aliphatic carbocycles. The van der Waals surface area contributed by atoms with Gasteiger partial charge in [-0.3, -0.25) is 0 Å². The van der Waals surface area contributed by atoms with E-state index in [2.05, 4.69) is 22.0 Å². The van der Waals surface area contributed by atoms with Crippen LogP contribution in [0.4, 0.5) is 0 Å². The van der Waals surface area contributed by atoms with Crippen LogP contribution in [0.1, 0.15) is 31.3 Å². The quantitative estimate of drug-likeness (QED) is 0.834. The third-order valence-corrected chi connectivity index (χ3v) is 3.11. The lowest BCUT2D eigenvalue weighted by molar-refractivity contribution is -0.0247. The molecular weight excluding hydrogens is 282 g/mol. The predicted molar refractivity (Wildman–Crippen MR) is 66.8 cm³/mol. The molecule has 2 rings (SSSR count). The zero-order chi connectivity index (χ0) is 12.5. The van der Waals surface area contributed by atoms with Crippen molar-refractivity contribution in [2.24, 2.45) is 0 Å². The second kappa shape index (κ2) is 4.42. The van der Waals surface area contributed by atoms with Gasteiger partial charge >= 0.3 is 0 Å². The fraction of sp³-hybridized carbons (Fsp3) is 0.308. The molecular formula is C13H12BrNO2. The van der Waals surface area contributed by atoms with E-state index in [1.54, 1.807) is 0 Å². The average molecular weight is 294 g/mol. The Labute approximate surface area is 109 Å². The summed E-state index contributed by atoms with van der Waals surface area (Å²) in [4.78, 5) is 0. The Morgan fingerprint density at radius 3 is 2.47 bits per heavy atom. The van der Waals surface area contributed by atoms with Crippen LogP contribution in [0.15, 0.2) is 35.2 Å². The Kier molecular flexibility index (Phi) is 3.12. The molecule has 0 atom stereocenters. The molecule has 17 heavy (non-hydrogen) atoms. The van der Waals surface area contributed by atoms with E-state index in [0.717, 1.165) is 15.6 Å².